The number of anilines is 1. The van der Waals surface area contributed by atoms with Gasteiger partial charge in [0.2, 0.25) is 5.91 Å². The summed E-state index contributed by atoms with van der Waals surface area (Å²) < 4.78 is 10.3. The first-order valence-electron chi connectivity index (χ1n) is 11.7. The third-order valence-electron chi connectivity index (χ3n) is 6.27. The summed E-state index contributed by atoms with van der Waals surface area (Å²) in [6.45, 7) is 13.8. The maximum Gasteiger partial charge on any atom is 0.353 e. The molecule has 1 N–H and O–H groups in total. The molecular formula is C28H29N3O6. The Labute approximate surface area is 215 Å². The third-order valence-corrected chi connectivity index (χ3v) is 6.27. The minimum Gasteiger partial charge on any atom is -0.490 e. The molecule has 0 aromatic heterocycles. The molecular weight excluding hydrogens is 474 g/mol. The Morgan fingerprint density at radius 3 is 2.43 bits per heavy atom. The van der Waals surface area contributed by atoms with Gasteiger partial charge in [-0.25, -0.2) is 4.79 Å². The van der Waals surface area contributed by atoms with Crippen molar-refractivity contribution in [1.82, 2.24) is 10.2 Å². The number of carbonyl (C=O) groups excluding carboxylic acids is 4. The van der Waals surface area contributed by atoms with Gasteiger partial charge in [0, 0.05) is 11.0 Å². The van der Waals surface area contributed by atoms with Crippen molar-refractivity contribution in [2.75, 3.05) is 25.2 Å². The molecule has 0 spiro atoms. The Morgan fingerprint density at radius 2 is 1.76 bits per heavy atom. The number of nitrogens with one attached hydrogen (secondary N) is 1. The van der Waals surface area contributed by atoms with E-state index in [1.807, 2.05) is 45.0 Å². The van der Waals surface area contributed by atoms with E-state index < -0.39 is 17.3 Å². The van der Waals surface area contributed by atoms with E-state index in [-0.39, 0.29) is 29.8 Å². The molecule has 9 heteroatoms. The van der Waals surface area contributed by atoms with Gasteiger partial charge >= 0.3 is 5.97 Å². The zero-order chi connectivity index (χ0) is 27.1. The lowest BCUT2D eigenvalue weighted by Crippen LogP contribution is -2.44. The summed E-state index contributed by atoms with van der Waals surface area (Å²) in [5.41, 5.74) is 2.47. The Kier molecular flexibility index (Phi) is 6.64. The maximum atomic E-state index is 13.2. The van der Waals surface area contributed by atoms with Gasteiger partial charge in [-0.05, 0) is 34.9 Å². The molecule has 3 amide bonds. The standard InChI is InChI=1S/C28H29N3O6/c1-16(26(34)36-6)29-24(32)17(2)31-15-21-19(8-7-9-20(21)25(31)33)18-10-11-23-22(14-18)30(12-13-37-23)27(35)28(3,4)5/h7-11,14H,1-2,12-13,15H2,3-6H3,(H,29,32). The summed E-state index contributed by atoms with van der Waals surface area (Å²) in [6.07, 6.45) is 0. The molecule has 0 atom stereocenters. The number of hydrogen-bond acceptors (Lipinski definition) is 6. The summed E-state index contributed by atoms with van der Waals surface area (Å²) in [5.74, 6) is -1.31. The van der Waals surface area contributed by atoms with E-state index in [2.05, 4.69) is 23.2 Å². The molecule has 37 heavy (non-hydrogen) atoms. The van der Waals surface area contributed by atoms with Crippen molar-refractivity contribution in [2.45, 2.75) is 27.3 Å². The second-order valence-electron chi connectivity index (χ2n) is 9.83. The monoisotopic (exact) mass is 503 g/mol. The van der Waals surface area contributed by atoms with E-state index in [1.165, 1.54) is 12.0 Å². The summed E-state index contributed by atoms with van der Waals surface area (Å²) in [5, 5.41) is 2.31. The van der Waals surface area contributed by atoms with Gasteiger partial charge in [0.05, 0.1) is 25.9 Å². The quantitative estimate of drug-likeness (QED) is 0.495. The summed E-state index contributed by atoms with van der Waals surface area (Å²) in [7, 11) is 1.17. The van der Waals surface area contributed by atoms with E-state index in [9.17, 15) is 19.2 Å². The van der Waals surface area contributed by atoms with Gasteiger partial charge in [0.15, 0.2) is 0 Å². The number of rotatable bonds is 5. The lowest BCUT2D eigenvalue weighted by molar-refractivity contribution is -0.137. The topological polar surface area (TPSA) is 105 Å². The molecule has 9 nitrogen and oxygen atoms in total. The van der Waals surface area contributed by atoms with Crippen molar-refractivity contribution < 1.29 is 28.7 Å². The Hall–Kier alpha value is -4.40. The summed E-state index contributed by atoms with van der Waals surface area (Å²) >= 11 is 0. The van der Waals surface area contributed by atoms with Crippen molar-refractivity contribution in [1.29, 1.82) is 0 Å². The van der Waals surface area contributed by atoms with Crippen LogP contribution in [0.1, 0.15) is 36.7 Å². The highest BCUT2D eigenvalue weighted by Crippen LogP contribution is 2.40. The van der Waals surface area contributed by atoms with Gasteiger partial charge < -0.3 is 19.7 Å². The lowest BCUT2D eigenvalue weighted by atomic mass is 9.93. The van der Waals surface area contributed by atoms with Gasteiger partial charge in [0.1, 0.15) is 23.8 Å². The number of nitrogens with zero attached hydrogens (tertiary/aromatic N) is 2. The van der Waals surface area contributed by atoms with Crippen LogP contribution in [0.4, 0.5) is 5.69 Å². The first-order valence-corrected chi connectivity index (χ1v) is 11.7. The average Bonchev–Trinajstić information content (AvgIpc) is 3.22. The zero-order valence-corrected chi connectivity index (χ0v) is 21.3. The van der Waals surface area contributed by atoms with Crippen LogP contribution in [0.5, 0.6) is 5.75 Å². The molecule has 0 bridgehead atoms. The van der Waals surface area contributed by atoms with Crippen molar-refractivity contribution in [3.8, 4) is 16.9 Å². The Bertz CT molecular complexity index is 1350. The minimum atomic E-state index is -0.796. The fraction of sp³-hybridized carbons (Fsp3) is 0.286. The number of benzene rings is 2. The van der Waals surface area contributed by atoms with Crippen molar-refractivity contribution >= 4 is 29.4 Å². The highest BCUT2D eigenvalue weighted by molar-refractivity contribution is 6.08. The molecule has 0 fully saturated rings. The minimum absolute atomic E-state index is 0.00954. The van der Waals surface area contributed by atoms with E-state index in [1.54, 1.807) is 17.0 Å². The van der Waals surface area contributed by atoms with Crippen LogP contribution in [0.3, 0.4) is 0 Å². The first kappa shape index (κ1) is 25.7. The van der Waals surface area contributed by atoms with Crippen LogP contribution >= 0.6 is 0 Å². The SMILES string of the molecule is C=C(NC(=O)C(=C)N1Cc2c(cccc2-c2ccc3c(c2)N(C(=O)C(C)(C)C)CCO3)C1=O)C(=O)OC. The maximum absolute atomic E-state index is 13.2. The molecule has 0 aliphatic carbocycles. The largest absolute Gasteiger partial charge is 0.490 e. The van der Waals surface area contributed by atoms with E-state index in [0.717, 1.165) is 16.7 Å². The normalized spacial score (nSPS) is 14.3. The number of fused-ring (bicyclic) bond motifs is 2. The van der Waals surface area contributed by atoms with Gasteiger partial charge in [-0.2, -0.15) is 0 Å². The predicted molar refractivity (Wildman–Crippen MR) is 137 cm³/mol. The number of ether oxygens (including phenoxy) is 2. The lowest BCUT2D eigenvalue weighted by Gasteiger charge is -2.34. The van der Waals surface area contributed by atoms with Crippen LogP contribution in [0, 0.1) is 5.41 Å². The van der Waals surface area contributed by atoms with Gasteiger partial charge in [-0.15, -0.1) is 0 Å². The van der Waals surface area contributed by atoms with Gasteiger partial charge in [-0.3, -0.25) is 19.3 Å². The molecule has 192 valence electrons. The Morgan fingerprint density at radius 1 is 1.05 bits per heavy atom. The fourth-order valence-electron chi connectivity index (χ4n) is 4.33. The van der Waals surface area contributed by atoms with E-state index in [0.29, 0.717) is 30.2 Å². The number of methoxy groups -OCH3 is 1. The van der Waals surface area contributed by atoms with Crippen LogP contribution in [0.25, 0.3) is 11.1 Å². The summed E-state index contributed by atoms with van der Waals surface area (Å²) in [6, 6.07) is 10.9. The Balaban J connectivity index is 1.65. The third kappa shape index (κ3) is 4.72. The molecule has 2 aliphatic rings. The van der Waals surface area contributed by atoms with Crippen molar-refractivity contribution in [3.05, 3.63) is 72.1 Å². The summed E-state index contributed by atoms with van der Waals surface area (Å²) in [4.78, 5) is 53.5. The number of carbonyl (C=O) groups is 4. The van der Waals surface area contributed by atoms with Crippen LogP contribution in [0.2, 0.25) is 0 Å². The number of esters is 1. The number of amides is 3. The molecule has 0 saturated heterocycles. The highest BCUT2D eigenvalue weighted by Gasteiger charge is 2.35. The molecule has 0 saturated carbocycles. The van der Waals surface area contributed by atoms with E-state index in [4.69, 9.17) is 4.74 Å². The van der Waals surface area contributed by atoms with Crippen molar-refractivity contribution in [2.24, 2.45) is 5.41 Å². The van der Waals surface area contributed by atoms with Crippen LogP contribution in [0.15, 0.2) is 61.0 Å². The van der Waals surface area contributed by atoms with Crippen molar-refractivity contribution in [3.63, 3.8) is 0 Å². The second kappa shape index (κ2) is 9.57. The molecule has 2 aliphatic heterocycles. The van der Waals surface area contributed by atoms with Crippen LogP contribution in [-0.4, -0.2) is 48.9 Å². The average molecular weight is 504 g/mol. The van der Waals surface area contributed by atoms with Gasteiger partial charge in [0.25, 0.3) is 11.8 Å². The second-order valence-corrected chi connectivity index (χ2v) is 9.83. The zero-order valence-electron chi connectivity index (χ0n) is 21.3. The highest BCUT2D eigenvalue weighted by atomic mass is 16.5. The molecule has 0 radical (unpaired) electrons. The molecule has 2 aromatic rings. The fourth-order valence-corrected chi connectivity index (χ4v) is 4.33. The number of hydrogen-bond donors (Lipinski definition) is 1. The predicted octanol–water partition coefficient (Wildman–Crippen LogP) is 3.40. The molecule has 2 aromatic carbocycles. The first-order chi connectivity index (χ1) is 17.4. The molecule has 2 heterocycles. The smallest absolute Gasteiger partial charge is 0.353 e. The molecule has 0 unspecified atom stereocenters. The van der Waals surface area contributed by atoms with Crippen LogP contribution < -0.4 is 15.0 Å². The van der Waals surface area contributed by atoms with Crippen LogP contribution in [-0.2, 0) is 25.7 Å². The molecule has 4 rings (SSSR count). The van der Waals surface area contributed by atoms with Gasteiger partial charge in [-0.1, -0.05) is 52.1 Å². The van der Waals surface area contributed by atoms with E-state index >= 15 is 0 Å².